The molecule has 2 heterocycles. The van der Waals surface area contributed by atoms with Gasteiger partial charge in [-0.3, -0.25) is 18.6 Å². The summed E-state index contributed by atoms with van der Waals surface area (Å²) < 4.78 is 22.9. The van der Waals surface area contributed by atoms with Crippen LogP contribution in [0.2, 0.25) is 0 Å². The summed E-state index contributed by atoms with van der Waals surface area (Å²) in [6.45, 7) is 6.85. The van der Waals surface area contributed by atoms with Crippen LogP contribution in [-0.4, -0.2) is 51.5 Å². The zero-order chi connectivity index (χ0) is 30.1. The van der Waals surface area contributed by atoms with E-state index in [-0.39, 0.29) is 43.9 Å². The van der Waals surface area contributed by atoms with Crippen molar-refractivity contribution in [3.05, 3.63) is 54.1 Å². The molecule has 0 bridgehead atoms. The molecule has 2 aromatic carbocycles. The van der Waals surface area contributed by atoms with Crippen LogP contribution in [0.4, 0.5) is 5.69 Å². The van der Waals surface area contributed by atoms with Crippen LogP contribution >= 0.6 is 7.82 Å². The lowest BCUT2D eigenvalue weighted by atomic mass is 9.95. The highest BCUT2D eigenvalue weighted by Crippen LogP contribution is 2.43. The molecule has 1 aliphatic heterocycles. The summed E-state index contributed by atoms with van der Waals surface area (Å²) in [6.07, 6.45) is 3.18. The van der Waals surface area contributed by atoms with E-state index in [0.29, 0.717) is 19.5 Å². The number of para-hydroxylation sites is 1. The van der Waals surface area contributed by atoms with Gasteiger partial charge in [0.2, 0.25) is 11.8 Å². The molecule has 226 valence electrons. The van der Waals surface area contributed by atoms with Crippen molar-refractivity contribution in [3.63, 3.8) is 0 Å². The van der Waals surface area contributed by atoms with E-state index < -0.39 is 7.82 Å². The van der Waals surface area contributed by atoms with E-state index in [4.69, 9.17) is 4.52 Å². The predicted molar refractivity (Wildman–Crippen MR) is 161 cm³/mol. The fourth-order valence-corrected chi connectivity index (χ4v) is 5.76. The van der Waals surface area contributed by atoms with Gasteiger partial charge < -0.3 is 15.1 Å². The van der Waals surface area contributed by atoms with E-state index in [0.717, 1.165) is 53.0 Å². The average Bonchev–Trinajstić information content (AvgIpc) is 3.40. The molecule has 2 amide bonds. The van der Waals surface area contributed by atoms with Crippen molar-refractivity contribution in [3.8, 4) is 22.5 Å². The second kappa shape index (κ2) is 14.7. The molecule has 0 aliphatic carbocycles. The van der Waals surface area contributed by atoms with E-state index in [2.05, 4.69) is 34.0 Å². The monoisotopic (exact) mass is 597 g/mol. The quantitative estimate of drug-likeness (QED) is 0.180. The molecule has 1 atom stereocenters. The van der Waals surface area contributed by atoms with Crippen LogP contribution in [0.5, 0.6) is 0 Å². The van der Waals surface area contributed by atoms with E-state index in [1.54, 1.807) is 11.8 Å². The number of rotatable bonds is 14. The van der Waals surface area contributed by atoms with Gasteiger partial charge in [0.05, 0.1) is 31.1 Å². The maximum absolute atomic E-state index is 13.6. The fraction of sp³-hybridized carbons (Fsp3) is 0.467. The van der Waals surface area contributed by atoms with Crippen molar-refractivity contribution in [2.24, 2.45) is 0 Å². The van der Waals surface area contributed by atoms with Crippen LogP contribution in [0.15, 0.2) is 48.5 Å². The number of hydrogen-bond acceptors (Lipinski definition) is 7. The summed E-state index contributed by atoms with van der Waals surface area (Å²) in [4.78, 5) is 37.4. The van der Waals surface area contributed by atoms with Gasteiger partial charge in [0.15, 0.2) is 0 Å². The number of hydrogen-bond donors (Lipinski definition) is 2. The number of anilines is 1. The minimum Gasteiger partial charge on any atom is -0.356 e. The molecule has 12 heteroatoms. The third-order valence-corrected chi connectivity index (χ3v) is 8.13. The normalized spacial score (nSPS) is 13.9. The fourth-order valence-electron chi connectivity index (χ4n) is 5.00. The number of nitrogens with one attached hydrogen (secondary N) is 1. The van der Waals surface area contributed by atoms with Crippen LogP contribution in [0.3, 0.4) is 0 Å². The first kappa shape index (κ1) is 31.6. The Labute approximate surface area is 246 Å². The number of phosphoric ester groups is 1. The molecule has 2 N–H and O–H groups in total. The first-order valence-corrected chi connectivity index (χ1v) is 16.0. The first-order valence-electron chi connectivity index (χ1n) is 14.5. The Morgan fingerprint density at radius 2 is 1.71 bits per heavy atom. The highest BCUT2D eigenvalue weighted by molar-refractivity contribution is 7.47. The molecular weight excluding hydrogens is 557 g/mol. The molecule has 0 radical (unpaired) electrons. The van der Waals surface area contributed by atoms with Gasteiger partial charge in [0.25, 0.3) is 0 Å². The third-order valence-electron chi connectivity index (χ3n) is 7.04. The number of amides is 2. The summed E-state index contributed by atoms with van der Waals surface area (Å²) in [7, 11) is -3.94. The lowest BCUT2D eigenvalue weighted by Crippen LogP contribution is -2.33. The van der Waals surface area contributed by atoms with Crippen LogP contribution in [-0.2, 0) is 29.7 Å². The van der Waals surface area contributed by atoms with Crippen LogP contribution < -0.4 is 10.2 Å². The molecule has 0 saturated heterocycles. The lowest BCUT2D eigenvalue weighted by molar-refractivity contribution is -0.125. The standard InChI is InChI=1S/C30H40N5O6P/c1-4-40-42(38,39)41-20-12-6-5-11-19-31-27(36)17-18-28(37)34-21-23-13-7-8-14-24(23)29-30(35(22(2)3)33-32-29)25-15-9-10-16-26(25)34/h7-10,13-16,22H,4-6,11-12,17-21H2,1-3H3,(H,31,36)(H,38,39). The Kier molecular flexibility index (Phi) is 11.0. The lowest BCUT2D eigenvalue weighted by Gasteiger charge is -2.29. The zero-order valence-electron chi connectivity index (χ0n) is 24.5. The van der Waals surface area contributed by atoms with E-state index in [1.165, 1.54) is 0 Å². The molecule has 42 heavy (non-hydrogen) atoms. The number of fused-ring (bicyclic) bond motifs is 5. The highest BCUT2D eigenvalue weighted by atomic mass is 31.2. The van der Waals surface area contributed by atoms with Gasteiger partial charge in [-0.05, 0) is 45.2 Å². The summed E-state index contributed by atoms with van der Waals surface area (Å²) in [6, 6.07) is 15.8. The van der Waals surface area contributed by atoms with Gasteiger partial charge in [-0.1, -0.05) is 60.5 Å². The SMILES string of the molecule is CCOP(=O)(O)OCCCCCCNC(=O)CCC(=O)N1Cc2ccccc2-c2nnn(C(C)C)c2-c2ccccc21. The number of unbranched alkanes of at least 4 members (excludes halogenated alkanes) is 3. The van der Waals surface area contributed by atoms with Crippen molar-refractivity contribution >= 4 is 25.3 Å². The smallest absolute Gasteiger partial charge is 0.356 e. The minimum absolute atomic E-state index is 0.0710. The Hall–Kier alpha value is -3.37. The largest absolute Gasteiger partial charge is 0.472 e. The second-order valence-electron chi connectivity index (χ2n) is 10.5. The Bertz CT molecular complexity index is 1420. The maximum atomic E-state index is 13.6. The van der Waals surface area contributed by atoms with Crippen LogP contribution in [0.1, 0.15) is 70.9 Å². The summed E-state index contributed by atoms with van der Waals surface area (Å²) >= 11 is 0. The van der Waals surface area contributed by atoms with Crippen molar-refractivity contribution in [2.75, 3.05) is 24.7 Å². The van der Waals surface area contributed by atoms with Crippen molar-refractivity contribution < 1.29 is 28.1 Å². The van der Waals surface area contributed by atoms with Gasteiger partial charge in [-0.15, -0.1) is 5.10 Å². The number of carbonyl (C=O) groups is 2. The summed E-state index contributed by atoms with van der Waals surface area (Å²) in [5.74, 6) is -0.303. The summed E-state index contributed by atoms with van der Waals surface area (Å²) in [5.41, 5.74) is 5.22. The van der Waals surface area contributed by atoms with Gasteiger partial charge in [0.1, 0.15) is 5.69 Å². The van der Waals surface area contributed by atoms with Gasteiger partial charge in [-0.2, -0.15) is 0 Å². The minimum atomic E-state index is -3.94. The van der Waals surface area contributed by atoms with Gasteiger partial charge >= 0.3 is 7.82 Å². The van der Waals surface area contributed by atoms with Gasteiger partial charge in [-0.25, -0.2) is 9.25 Å². The molecule has 3 aromatic rings. The Morgan fingerprint density at radius 3 is 2.48 bits per heavy atom. The number of aromatic nitrogens is 3. The van der Waals surface area contributed by atoms with Crippen molar-refractivity contribution in [1.82, 2.24) is 20.3 Å². The van der Waals surface area contributed by atoms with Crippen molar-refractivity contribution in [2.45, 2.75) is 71.9 Å². The molecule has 1 aliphatic rings. The number of carbonyl (C=O) groups excluding carboxylic acids is 2. The van der Waals surface area contributed by atoms with Crippen LogP contribution in [0, 0.1) is 0 Å². The molecule has 0 fully saturated rings. The molecule has 11 nitrogen and oxygen atoms in total. The zero-order valence-corrected chi connectivity index (χ0v) is 25.4. The van der Waals surface area contributed by atoms with Crippen LogP contribution in [0.25, 0.3) is 22.5 Å². The molecule has 1 unspecified atom stereocenters. The Morgan fingerprint density at radius 1 is 1.00 bits per heavy atom. The topological polar surface area (TPSA) is 136 Å². The number of nitrogens with zero attached hydrogens (tertiary/aromatic N) is 4. The highest BCUT2D eigenvalue weighted by Gasteiger charge is 2.29. The van der Waals surface area contributed by atoms with Crippen molar-refractivity contribution in [1.29, 1.82) is 0 Å². The molecular formula is C30H40N5O6P. The van der Waals surface area contributed by atoms with Gasteiger partial charge in [0, 0.05) is 36.6 Å². The Balaban J connectivity index is 1.35. The second-order valence-corrected chi connectivity index (χ2v) is 11.9. The molecule has 0 saturated carbocycles. The molecule has 0 spiro atoms. The van der Waals surface area contributed by atoms with E-state index >= 15 is 0 Å². The average molecular weight is 598 g/mol. The number of benzene rings is 2. The maximum Gasteiger partial charge on any atom is 0.472 e. The molecule has 4 rings (SSSR count). The number of phosphoric acid groups is 1. The molecule has 1 aromatic heterocycles. The third kappa shape index (κ3) is 7.92. The van der Waals surface area contributed by atoms with E-state index in [1.807, 2.05) is 53.2 Å². The summed E-state index contributed by atoms with van der Waals surface area (Å²) in [5, 5.41) is 11.9. The first-order chi connectivity index (χ1) is 20.2. The van der Waals surface area contributed by atoms with E-state index in [9.17, 15) is 19.0 Å². The predicted octanol–water partition coefficient (Wildman–Crippen LogP) is 5.65.